The van der Waals surface area contributed by atoms with Gasteiger partial charge in [-0.25, -0.2) is 0 Å². The molecule has 3 fully saturated rings. The molecule has 3 aliphatic heterocycles. The van der Waals surface area contributed by atoms with Crippen molar-refractivity contribution in [1.29, 1.82) is 0 Å². The maximum Gasteiger partial charge on any atom is 0.248 e. The maximum atomic E-state index is 12.3. The number of nitrogens with one attached hydrogen (secondary N) is 1. The van der Waals surface area contributed by atoms with Crippen molar-refractivity contribution < 1.29 is 14.7 Å². The van der Waals surface area contributed by atoms with Crippen molar-refractivity contribution in [2.75, 3.05) is 63.9 Å². The number of likely N-dealkylation sites (tertiary alicyclic amines) is 1. The summed E-state index contributed by atoms with van der Waals surface area (Å²) in [7, 11) is 0. The molecule has 0 saturated carbocycles. The summed E-state index contributed by atoms with van der Waals surface area (Å²) in [6, 6.07) is 1.95. The first-order valence-corrected chi connectivity index (χ1v) is 17.0. The highest BCUT2D eigenvalue weighted by atomic mass is 35.5. The normalized spacial score (nSPS) is 21.3. The van der Waals surface area contributed by atoms with Gasteiger partial charge in [0.1, 0.15) is 6.61 Å². The Balaban J connectivity index is 1.31. The van der Waals surface area contributed by atoms with Crippen LogP contribution >= 0.6 is 23.2 Å². The van der Waals surface area contributed by atoms with Gasteiger partial charge in [-0.15, -0.1) is 0 Å². The molecular weight excluding hydrogens is 627 g/mol. The van der Waals surface area contributed by atoms with Crippen LogP contribution in [0.25, 0.3) is 22.0 Å². The van der Waals surface area contributed by atoms with E-state index in [2.05, 4.69) is 52.0 Å². The number of rotatable bonds is 7. The zero-order valence-electron chi connectivity index (χ0n) is 26.9. The van der Waals surface area contributed by atoms with Gasteiger partial charge in [-0.2, -0.15) is 10.2 Å². The van der Waals surface area contributed by atoms with Gasteiger partial charge in [0.25, 0.3) is 0 Å². The van der Waals surface area contributed by atoms with Crippen LogP contribution in [-0.2, 0) is 9.59 Å². The van der Waals surface area contributed by atoms with E-state index in [1.165, 1.54) is 6.08 Å². The minimum absolute atomic E-state index is 0.0322. The number of aliphatic hydroxyl groups excluding tert-OH is 1. The van der Waals surface area contributed by atoms with E-state index in [-0.39, 0.29) is 23.4 Å². The molecule has 0 aliphatic carbocycles. The molecule has 1 aromatic carbocycles. The van der Waals surface area contributed by atoms with Crippen LogP contribution in [0.3, 0.4) is 0 Å². The Morgan fingerprint density at radius 2 is 1.78 bits per heavy atom. The lowest BCUT2D eigenvalue weighted by atomic mass is 9.81. The van der Waals surface area contributed by atoms with Crippen LogP contribution in [0.4, 0.5) is 5.82 Å². The summed E-state index contributed by atoms with van der Waals surface area (Å²) in [6.45, 7) is 16.0. The van der Waals surface area contributed by atoms with Gasteiger partial charge >= 0.3 is 0 Å². The Hall–Kier alpha value is -3.12. The molecule has 3 aromatic rings. The van der Waals surface area contributed by atoms with Crippen molar-refractivity contribution in [3.8, 4) is 11.1 Å². The summed E-state index contributed by atoms with van der Waals surface area (Å²) in [6.07, 6.45) is 6.79. The predicted octanol–water partition coefficient (Wildman–Crippen LogP) is 4.52. The van der Waals surface area contributed by atoms with Crippen LogP contribution in [-0.4, -0.2) is 116 Å². The molecule has 248 valence electrons. The number of halogens is 2. The van der Waals surface area contributed by atoms with Gasteiger partial charge < -0.3 is 19.8 Å². The number of carbonyl (C=O) groups excluding carboxylic acids is 2. The van der Waals surface area contributed by atoms with Crippen LogP contribution in [0.1, 0.15) is 51.3 Å². The van der Waals surface area contributed by atoms with Crippen LogP contribution in [0, 0.1) is 12.8 Å². The Bertz CT molecular complexity index is 1620. The van der Waals surface area contributed by atoms with Crippen LogP contribution in [0.15, 0.2) is 24.9 Å². The lowest BCUT2D eigenvalue weighted by molar-refractivity contribution is -0.136. The van der Waals surface area contributed by atoms with E-state index >= 15 is 0 Å². The van der Waals surface area contributed by atoms with Crippen molar-refractivity contribution in [2.24, 2.45) is 5.92 Å². The number of amides is 2. The van der Waals surface area contributed by atoms with E-state index < -0.39 is 6.61 Å². The first kappa shape index (κ1) is 32.8. The number of aromatic nitrogens is 4. The second-order valence-corrected chi connectivity index (χ2v) is 14.3. The molecular formula is C33H44Cl2N8O3. The molecule has 11 nitrogen and oxygen atoms in total. The molecule has 5 heterocycles. The summed E-state index contributed by atoms with van der Waals surface area (Å²) < 4.78 is 2.15. The SMILES string of the molecule is C=CC(=O)N1CCC(n2nc(N3CC[C@@H](CN4CCN(C(=O)CO)CC4)CC3(C)C)c(-c3c(Cl)c(Cl)cc4[nH]ncc34)c2C)CC1. The number of anilines is 1. The number of H-pyrrole nitrogens is 1. The van der Waals surface area contributed by atoms with Crippen LogP contribution < -0.4 is 4.90 Å². The molecule has 2 aromatic heterocycles. The van der Waals surface area contributed by atoms with E-state index in [1.54, 1.807) is 11.1 Å². The third-order valence-corrected chi connectivity index (χ3v) is 11.0. The zero-order valence-corrected chi connectivity index (χ0v) is 28.4. The number of hydrogen-bond acceptors (Lipinski definition) is 7. The molecule has 0 radical (unpaired) electrons. The number of hydrogen-bond donors (Lipinski definition) is 2. The molecule has 0 spiro atoms. The lowest BCUT2D eigenvalue weighted by Crippen LogP contribution is -2.54. The topological polar surface area (TPSA) is 114 Å². The highest BCUT2D eigenvalue weighted by Gasteiger charge is 2.40. The number of benzene rings is 1. The number of aliphatic hydroxyl groups is 1. The number of piperidine rings is 2. The highest BCUT2D eigenvalue weighted by Crippen LogP contribution is 2.48. The molecule has 3 aliphatic rings. The minimum Gasteiger partial charge on any atom is -0.387 e. The average molecular weight is 672 g/mol. The Morgan fingerprint density at radius 3 is 2.43 bits per heavy atom. The molecule has 2 N–H and O–H groups in total. The van der Waals surface area contributed by atoms with Gasteiger partial charge in [-0.3, -0.25) is 24.3 Å². The summed E-state index contributed by atoms with van der Waals surface area (Å²) in [5.74, 6) is 1.17. The highest BCUT2D eigenvalue weighted by molar-refractivity contribution is 6.45. The van der Waals surface area contributed by atoms with Gasteiger partial charge in [0.2, 0.25) is 11.8 Å². The second kappa shape index (κ2) is 13.2. The molecule has 0 unspecified atom stereocenters. The number of fused-ring (bicyclic) bond motifs is 1. The van der Waals surface area contributed by atoms with Crippen molar-refractivity contribution in [1.82, 2.24) is 34.7 Å². The summed E-state index contributed by atoms with van der Waals surface area (Å²) in [5.41, 5.74) is 3.45. The monoisotopic (exact) mass is 670 g/mol. The quantitative estimate of drug-likeness (QED) is 0.355. The fourth-order valence-corrected chi connectivity index (χ4v) is 8.26. The minimum atomic E-state index is -0.426. The first-order valence-electron chi connectivity index (χ1n) is 16.2. The predicted molar refractivity (Wildman–Crippen MR) is 181 cm³/mol. The Labute approximate surface area is 280 Å². The van der Waals surface area contributed by atoms with E-state index in [0.717, 1.165) is 85.4 Å². The van der Waals surface area contributed by atoms with Gasteiger partial charge in [0.15, 0.2) is 5.82 Å². The molecule has 3 saturated heterocycles. The summed E-state index contributed by atoms with van der Waals surface area (Å²) >= 11 is 13.7. The van der Waals surface area contributed by atoms with Crippen molar-refractivity contribution >= 4 is 51.7 Å². The molecule has 13 heteroatoms. The molecule has 46 heavy (non-hydrogen) atoms. The fraction of sp³-hybridized carbons (Fsp3) is 0.576. The number of carbonyl (C=O) groups is 2. The third-order valence-electron chi connectivity index (χ3n) is 10.2. The van der Waals surface area contributed by atoms with Crippen molar-refractivity contribution in [3.05, 3.63) is 40.7 Å². The summed E-state index contributed by atoms with van der Waals surface area (Å²) in [4.78, 5) is 32.7. The zero-order chi connectivity index (χ0) is 32.7. The largest absolute Gasteiger partial charge is 0.387 e. The van der Waals surface area contributed by atoms with Gasteiger partial charge in [-0.05, 0) is 64.5 Å². The fourth-order valence-electron chi connectivity index (χ4n) is 7.80. The average Bonchev–Trinajstić information content (AvgIpc) is 3.65. The number of aromatic amines is 1. The van der Waals surface area contributed by atoms with E-state index in [4.69, 9.17) is 28.3 Å². The van der Waals surface area contributed by atoms with Crippen LogP contribution in [0.2, 0.25) is 10.0 Å². The van der Waals surface area contributed by atoms with Crippen molar-refractivity contribution in [3.63, 3.8) is 0 Å². The van der Waals surface area contributed by atoms with E-state index in [9.17, 15) is 14.7 Å². The molecule has 1 atom stereocenters. The van der Waals surface area contributed by atoms with Crippen molar-refractivity contribution in [2.45, 2.75) is 58.0 Å². The number of nitrogens with zero attached hydrogens (tertiary/aromatic N) is 7. The standard InChI is InChI=1S/C33H44Cl2N8O3/c1-5-27(45)40-9-7-23(8-10-40)43-21(2)29(30-24-18-36-37-26(24)16-25(34)31(30)35)32(38-43)42-11-6-22(17-33(42,3)4)19-39-12-14-41(15-13-39)28(46)20-44/h5,16,18,22-23,44H,1,6-15,17,19-20H2,2-4H3,(H,36,37)/t22-/m1/s1. The maximum absolute atomic E-state index is 12.3. The smallest absolute Gasteiger partial charge is 0.248 e. The Kier molecular flexibility index (Phi) is 9.40. The Morgan fingerprint density at radius 1 is 1.07 bits per heavy atom. The first-order chi connectivity index (χ1) is 22.0. The second-order valence-electron chi connectivity index (χ2n) is 13.5. The molecule has 6 rings (SSSR count). The molecule has 0 bridgehead atoms. The summed E-state index contributed by atoms with van der Waals surface area (Å²) in [5, 5.41) is 23.8. The molecule has 2 amide bonds. The van der Waals surface area contributed by atoms with Crippen LogP contribution in [0.5, 0.6) is 0 Å². The third kappa shape index (κ3) is 6.14. The van der Waals surface area contributed by atoms with E-state index in [0.29, 0.717) is 42.1 Å². The number of piperazine rings is 1. The van der Waals surface area contributed by atoms with Gasteiger partial charge in [-0.1, -0.05) is 29.8 Å². The van der Waals surface area contributed by atoms with Gasteiger partial charge in [0.05, 0.1) is 27.8 Å². The van der Waals surface area contributed by atoms with Gasteiger partial charge in [0, 0.05) is 80.1 Å². The lowest BCUT2D eigenvalue weighted by Gasteiger charge is -2.48. The van der Waals surface area contributed by atoms with E-state index in [1.807, 2.05) is 11.0 Å².